The number of hydrogen-bond acceptors (Lipinski definition) is 2. The van der Waals surface area contributed by atoms with Crippen LogP contribution >= 0.6 is 0 Å². The molecule has 3 heteroatoms. The third-order valence-electron chi connectivity index (χ3n) is 3.47. The molecular weight excluding hydrogens is 219 g/mol. The van der Waals surface area contributed by atoms with Gasteiger partial charge in [-0.1, -0.05) is 19.1 Å². The van der Waals surface area contributed by atoms with E-state index in [1.807, 2.05) is 6.92 Å². The number of methoxy groups -OCH3 is 1. The second kappa shape index (κ2) is 5.61. The fraction of sp³-hybridized carbons (Fsp3) is 0.571. The highest BCUT2D eigenvalue weighted by molar-refractivity contribution is 5.28. The van der Waals surface area contributed by atoms with E-state index in [9.17, 15) is 9.50 Å². The van der Waals surface area contributed by atoms with Gasteiger partial charge in [0.1, 0.15) is 5.82 Å². The highest BCUT2D eigenvalue weighted by Gasteiger charge is 2.30. The van der Waals surface area contributed by atoms with E-state index in [1.165, 1.54) is 6.07 Å². The van der Waals surface area contributed by atoms with E-state index in [-0.39, 0.29) is 11.7 Å². The van der Waals surface area contributed by atoms with Crippen molar-refractivity contribution in [3.8, 4) is 0 Å². The first-order valence-electron chi connectivity index (χ1n) is 5.87. The molecule has 96 valence electrons. The Morgan fingerprint density at radius 1 is 1.47 bits per heavy atom. The summed E-state index contributed by atoms with van der Waals surface area (Å²) in [6, 6.07) is 4.89. The molecule has 17 heavy (non-hydrogen) atoms. The molecule has 0 amide bonds. The van der Waals surface area contributed by atoms with Crippen LogP contribution in [0.2, 0.25) is 0 Å². The van der Waals surface area contributed by atoms with Crippen molar-refractivity contribution in [3.63, 3.8) is 0 Å². The minimum atomic E-state index is -1.03. The van der Waals surface area contributed by atoms with E-state index in [2.05, 4.69) is 0 Å². The number of aliphatic hydroxyl groups is 1. The number of hydrogen-bond donors (Lipinski definition) is 1. The average Bonchev–Trinajstić information content (AvgIpc) is 2.29. The quantitative estimate of drug-likeness (QED) is 0.857. The molecule has 1 aromatic rings. The fourth-order valence-corrected chi connectivity index (χ4v) is 1.77. The lowest BCUT2D eigenvalue weighted by atomic mass is 9.82. The van der Waals surface area contributed by atoms with Gasteiger partial charge in [0.2, 0.25) is 0 Å². The summed E-state index contributed by atoms with van der Waals surface area (Å²) in [5.74, 6) is -0.272. The van der Waals surface area contributed by atoms with Gasteiger partial charge >= 0.3 is 0 Å². The molecule has 0 aliphatic carbocycles. The standard InChI is InChI=1S/C14H21FO2/c1-10-5-6-12(9-13(10)15)14(3,16)11(2)7-8-17-4/h5-6,9,11,16H,7-8H2,1-4H3. The Kier molecular flexibility index (Phi) is 4.66. The maximum absolute atomic E-state index is 13.5. The summed E-state index contributed by atoms with van der Waals surface area (Å²) in [7, 11) is 1.63. The van der Waals surface area contributed by atoms with Crippen molar-refractivity contribution < 1.29 is 14.2 Å². The fourth-order valence-electron chi connectivity index (χ4n) is 1.77. The third-order valence-corrected chi connectivity index (χ3v) is 3.47. The van der Waals surface area contributed by atoms with E-state index in [4.69, 9.17) is 4.74 Å². The van der Waals surface area contributed by atoms with Crippen LogP contribution in [0.5, 0.6) is 0 Å². The van der Waals surface area contributed by atoms with Crippen LogP contribution in [-0.4, -0.2) is 18.8 Å². The lowest BCUT2D eigenvalue weighted by Gasteiger charge is -2.31. The summed E-state index contributed by atoms with van der Waals surface area (Å²) < 4.78 is 18.5. The van der Waals surface area contributed by atoms with Gasteiger partial charge < -0.3 is 9.84 Å². The summed E-state index contributed by atoms with van der Waals surface area (Å²) >= 11 is 0. The van der Waals surface area contributed by atoms with E-state index < -0.39 is 5.60 Å². The molecule has 0 heterocycles. The largest absolute Gasteiger partial charge is 0.385 e. The first kappa shape index (κ1) is 14.1. The molecular formula is C14H21FO2. The average molecular weight is 240 g/mol. The van der Waals surface area contributed by atoms with Gasteiger partial charge in [0.25, 0.3) is 0 Å². The van der Waals surface area contributed by atoms with Crippen LogP contribution in [-0.2, 0) is 10.3 Å². The molecule has 0 saturated heterocycles. The normalized spacial score (nSPS) is 16.6. The maximum atomic E-state index is 13.5. The first-order chi connectivity index (χ1) is 7.89. The Balaban J connectivity index is 2.91. The smallest absolute Gasteiger partial charge is 0.126 e. The van der Waals surface area contributed by atoms with Crippen molar-refractivity contribution in [2.75, 3.05) is 13.7 Å². The summed E-state index contributed by atoms with van der Waals surface area (Å²) in [6.45, 7) is 5.96. The van der Waals surface area contributed by atoms with Crippen molar-refractivity contribution >= 4 is 0 Å². The highest BCUT2D eigenvalue weighted by atomic mass is 19.1. The van der Waals surface area contributed by atoms with Gasteiger partial charge in [-0.3, -0.25) is 0 Å². The Bertz CT molecular complexity index is 374. The Labute approximate surface area is 102 Å². The molecule has 2 atom stereocenters. The number of benzene rings is 1. The molecule has 0 spiro atoms. The highest BCUT2D eigenvalue weighted by Crippen LogP contribution is 2.32. The lowest BCUT2D eigenvalue weighted by molar-refractivity contribution is -0.0109. The summed E-state index contributed by atoms with van der Waals surface area (Å²) in [5, 5.41) is 10.5. The van der Waals surface area contributed by atoms with Crippen molar-refractivity contribution in [1.29, 1.82) is 0 Å². The predicted molar refractivity (Wildman–Crippen MR) is 66.4 cm³/mol. The third kappa shape index (κ3) is 3.27. The second-order valence-corrected chi connectivity index (χ2v) is 4.79. The van der Waals surface area contributed by atoms with Crippen LogP contribution in [0.4, 0.5) is 4.39 Å². The minimum absolute atomic E-state index is 0.00422. The molecule has 2 unspecified atom stereocenters. The summed E-state index contributed by atoms with van der Waals surface area (Å²) in [5.41, 5.74) is 0.172. The summed E-state index contributed by atoms with van der Waals surface area (Å²) in [4.78, 5) is 0. The number of aryl methyl sites for hydroxylation is 1. The summed E-state index contributed by atoms with van der Waals surface area (Å²) in [6.07, 6.45) is 0.735. The maximum Gasteiger partial charge on any atom is 0.126 e. The zero-order chi connectivity index (χ0) is 13.1. The van der Waals surface area contributed by atoms with Crippen LogP contribution in [0.15, 0.2) is 18.2 Å². The molecule has 2 nitrogen and oxygen atoms in total. The van der Waals surface area contributed by atoms with Gasteiger partial charge in [0, 0.05) is 13.7 Å². The van der Waals surface area contributed by atoms with Crippen LogP contribution in [0.1, 0.15) is 31.4 Å². The zero-order valence-corrected chi connectivity index (χ0v) is 11.0. The van der Waals surface area contributed by atoms with Crippen LogP contribution in [0.25, 0.3) is 0 Å². The van der Waals surface area contributed by atoms with E-state index >= 15 is 0 Å². The lowest BCUT2D eigenvalue weighted by Crippen LogP contribution is -2.30. The van der Waals surface area contributed by atoms with Gasteiger partial charge in [-0.15, -0.1) is 0 Å². The van der Waals surface area contributed by atoms with Gasteiger partial charge in [-0.25, -0.2) is 4.39 Å². The molecule has 0 radical (unpaired) electrons. The molecule has 1 aromatic carbocycles. The number of halogens is 1. The Morgan fingerprint density at radius 2 is 2.12 bits per heavy atom. The van der Waals surface area contributed by atoms with Crippen LogP contribution in [0.3, 0.4) is 0 Å². The van der Waals surface area contributed by atoms with Crippen molar-refractivity contribution in [3.05, 3.63) is 35.1 Å². The number of ether oxygens (including phenoxy) is 1. The molecule has 0 fully saturated rings. The molecule has 0 aliphatic heterocycles. The van der Waals surface area contributed by atoms with Gasteiger partial charge in [-0.05, 0) is 43.4 Å². The molecule has 0 aromatic heterocycles. The van der Waals surface area contributed by atoms with Crippen molar-refractivity contribution in [2.24, 2.45) is 5.92 Å². The van der Waals surface area contributed by atoms with Gasteiger partial charge in [-0.2, -0.15) is 0 Å². The second-order valence-electron chi connectivity index (χ2n) is 4.79. The van der Waals surface area contributed by atoms with Crippen molar-refractivity contribution in [2.45, 2.75) is 32.8 Å². The molecule has 0 aliphatic rings. The molecule has 0 saturated carbocycles. The van der Waals surface area contributed by atoms with Crippen LogP contribution in [0, 0.1) is 18.7 Å². The van der Waals surface area contributed by atoms with Crippen molar-refractivity contribution in [1.82, 2.24) is 0 Å². The predicted octanol–water partition coefficient (Wildman–Crippen LogP) is 3.01. The molecule has 1 rings (SSSR count). The topological polar surface area (TPSA) is 29.5 Å². The van der Waals surface area contributed by atoms with E-state index in [1.54, 1.807) is 33.1 Å². The van der Waals surface area contributed by atoms with Gasteiger partial charge in [0.15, 0.2) is 0 Å². The zero-order valence-electron chi connectivity index (χ0n) is 11.0. The van der Waals surface area contributed by atoms with Gasteiger partial charge in [0.05, 0.1) is 5.60 Å². The Hall–Kier alpha value is -0.930. The number of rotatable bonds is 5. The molecule has 1 N–H and O–H groups in total. The van der Waals surface area contributed by atoms with E-state index in [0.29, 0.717) is 17.7 Å². The first-order valence-corrected chi connectivity index (χ1v) is 5.87. The van der Waals surface area contributed by atoms with E-state index in [0.717, 1.165) is 6.42 Å². The van der Waals surface area contributed by atoms with Crippen LogP contribution < -0.4 is 0 Å². The monoisotopic (exact) mass is 240 g/mol. The molecule has 0 bridgehead atoms. The SMILES string of the molecule is COCCC(C)C(C)(O)c1ccc(C)c(F)c1. The minimum Gasteiger partial charge on any atom is -0.385 e. The Morgan fingerprint density at radius 3 is 2.65 bits per heavy atom.